The van der Waals surface area contributed by atoms with Crippen molar-refractivity contribution in [3.05, 3.63) is 105 Å². The molecule has 0 fully saturated rings. The summed E-state index contributed by atoms with van der Waals surface area (Å²) in [6.07, 6.45) is 1.85. The van der Waals surface area contributed by atoms with E-state index in [1.54, 1.807) is 13.3 Å². The van der Waals surface area contributed by atoms with Crippen LogP contribution in [-0.4, -0.2) is 19.2 Å². The molecular weight excluding hydrogens is 504 g/mol. The number of amides is 1. The second kappa shape index (κ2) is 11.2. The number of rotatable bonds is 8. The first kappa shape index (κ1) is 24.5. The number of nitrogens with zero attached hydrogens (tertiary/aromatic N) is 1. The van der Waals surface area contributed by atoms with Crippen LogP contribution in [0, 0.1) is 13.8 Å². The Hall–Kier alpha value is -3.64. The van der Waals surface area contributed by atoms with E-state index in [2.05, 4.69) is 57.6 Å². The van der Waals surface area contributed by atoms with Crippen LogP contribution in [0.4, 0.5) is 0 Å². The summed E-state index contributed by atoms with van der Waals surface area (Å²) in [5, 5.41) is 6.44. The molecule has 4 aromatic rings. The number of carbonyl (C=O) groups excluding carboxylic acids is 1. The Labute approximate surface area is 213 Å². The molecule has 1 amide bonds. The second-order valence-electron chi connectivity index (χ2n) is 8.35. The van der Waals surface area contributed by atoms with E-state index in [-0.39, 0.29) is 12.3 Å². The molecule has 35 heavy (non-hydrogen) atoms. The summed E-state index contributed by atoms with van der Waals surface area (Å²) in [5.41, 5.74) is 7.77. The van der Waals surface area contributed by atoms with E-state index in [9.17, 15) is 4.79 Å². The Kier molecular flexibility index (Phi) is 7.83. The number of hydrazone groups is 1. The number of halogens is 1. The fraction of sp³-hybridized carbons (Fsp3) is 0.172. The monoisotopic (exact) mass is 530 g/mol. The van der Waals surface area contributed by atoms with Gasteiger partial charge in [0, 0.05) is 0 Å². The first-order valence-corrected chi connectivity index (χ1v) is 12.1. The van der Waals surface area contributed by atoms with Gasteiger partial charge in [-0.25, -0.2) is 5.43 Å². The molecule has 178 valence electrons. The Balaban J connectivity index is 1.42. The van der Waals surface area contributed by atoms with Crippen molar-refractivity contribution in [3.63, 3.8) is 0 Å². The normalized spacial score (nSPS) is 11.1. The molecule has 5 nitrogen and oxygen atoms in total. The minimum atomic E-state index is -0.175. The quantitative estimate of drug-likeness (QED) is 0.209. The van der Waals surface area contributed by atoms with Crippen LogP contribution in [0.5, 0.6) is 11.5 Å². The molecule has 0 unspecified atom stereocenters. The number of ether oxygens (including phenoxy) is 2. The number of methoxy groups -OCH3 is 1. The maximum atomic E-state index is 12.3. The second-order valence-corrected chi connectivity index (χ2v) is 9.20. The largest absolute Gasteiger partial charge is 0.493 e. The number of hydrogen-bond donors (Lipinski definition) is 1. The van der Waals surface area contributed by atoms with Gasteiger partial charge in [0.2, 0.25) is 5.91 Å². The molecular formula is C29H27BrN2O3. The number of nitrogens with one attached hydrogen (secondary N) is 1. The Morgan fingerprint density at radius 1 is 1.00 bits per heavy atom. The van der Waals surface area contributed by atoms with Gasteiger partial charge in [-0.2, -0.15) is 5.10 Å². The lowest BCUT2D eigenvalue weighted by atomic mass is 10.0. The Morgan fingerprint density at radius 2 is 1.80 bits per heavy atom. The molecule has 0 aliphatic heterocycles. The van der Waals surface area contributed by atoms with E-state index in [4.69, 9.17) is 9.47 Å². The summed E-state index contributed by atoms with van der Waals surface area (Å²) >= 11 is 3.59. The number of aryl methyl sites for hydroxylation is 2. The van der Waals surface area contributed by atoms with Crippen LogP contribution in [-0.2, 0) is 17.8 Å². The molecule has 0 radical (unpaired) electrons. The number of fused-ring (bicyclic) bond motifs is 1. The van der Waals surface area contributed by atoms with Crippen molar-refractivity contribution in [3.8, 4) is 11.5 Å². The molecule has 0 aliphatic rings. The van der Waals surface area contributed by atoms with Gasteiger partial charge in [-0.05, 0) is 80.5 Å². The topological polar surface area (TPSA) is 59.9 Å². The maximum Gasteiger partial charge on any atom is 0.244 e. The van der Waals surface area contributed by atoms with Crippen molar-refractivity contribution in [2.75, 3.05) is 7.11 Å². The van der Waals surface area contributed by atoms with Crippen molar-refractivity contribution in [1.29, 1.82) is 0 Å². The molecule has 0 spiro atoms. The van der Waals surface area contributed by atoms with Crippen molar-refractivity contribution < 1.29 is 14.3 Å². The van der Waals surface area contributed by atoms with E-state index >= 15 is 0 Å². The molecule has 4 aromatic carbocycles. The van der Waals surface area contributed by atoms with Crippen LogP contribution >= 0.6 is 15.9 Å². The molecule has 0 aromatic heterocycles. The third-order valence-corrected chi connectivity index (χ3v) is 6.43. The standard InChI is InChI=1S/C29H27BrN2O3/c1-19-11-12-21(13-20(19)2)16-28(33)32-31-17-22-14-26(30)29(27(15-22)34-3)35-18-24-9-6-8-23-7-4-5-10-25(23)24/h4-15,17H,16,18H2,1-3H3,(H,32,33)/b31-17-. The minimum Gasteiger partial charge on any atom is -0.493 e. The summed E-state index contributed by atoms with van der Waals surface area (Å²) in [5.74, 6) is 1.00. The summed E-state index contributed by atoms with van der Waals surface area (Å²) in [4.78, 5) is 12.3. The minimum absolute atomic E-state index is 0.175. The third kappa shape index (κ3) is 6.08. The lowest BCUT2D eigenvalue weighted by Crippen LogP contribution is -2.19. The molecule has 0 saturated carbocycles. The van der Waals surface area contributed by atoms with E-state index in [1.807, 2.05) is 55.5 Å². The van der Waals surface area contributed by atoms with Gasteiger partial charge in [0.15, 0.2) is 11.5 Å². The van der Waals surface area contributed by atoms with Gasteiger partial charge in [0.25, 0.3) is 0 Å². The van der Waals surface area contributed by atoms with Crippen molar-refractivity contribution in [2.45, 2.75) is 26.9 Å². The van der Waals surface area contributed by atoms with Crippen LogP contribution in [0.2, 0.25) is 0 Å². The highest BCUT2D eigenvalue weighted by atomic mass is 79.9. The van der Waals surface area contributed by atoms with Crippen LogP contribution < -0.4 is 14.9 Å². The van der Waals surface area contributed by atoms with Gasteiger partial charge < -0.3 is 9.47 Å². The molecule has 0 heterocycles. The summed E-state index contributed by atoms with van der Waals surface area (Å²) in [6.45, 7) is 4.49. The van der Waals surface area contributed by atoms with Crippen molar-refractivity contribution in [1.82, 2.24) is 5.43 Å². The third-order valence-electron chi connectivity index (χ3n) is 5.84. The first-order chi connectivity index (χ1) is 16.9. The van der Waals surface area contributed by atoms with Crippen molar-refractivity contribution >= 4 is 38.8 Å². The molecule has 0 atom stereocenters. The summed E-state index contributed by atoms with van der Waals surface area (Å²) in [7, 11) is 1.60. The summed E-state index contributed by atoms with van der Waals surface area (Å²) in [6, 6.07) is 24.1. The van der Waals surface area contributed by atoms with Crippen LogP contribution in [0.15, 0.2) is 82.4 Å². The van der Waals surface area contributed by atoms with Gasteiger partial charge in [-0.15, -0.1) is 0 Å². The zero-order valence-corrected chi connectivity index (χ0v) is 21.6. The number of carbonyl (C=O) groups is 1. The number of benzene rings is 4. The number of hydrogen-bond acceptors (Lipinski definition) is 4. The SMILES string of the molecule is COc1cc(/C=N\NC(=O)Cc2ccc(C)c(C)c2)cc(Br)c1OCc1cccc2ccccc12. The lowest BCUT2D eigenvalue weighted by Gasteiger charge is -2.14. The molecule has 6 heteroatoms. The lowest BCUT2D eigenvalue weighted by molar-refractivity contribution is -0.120. The van der Waals surface area contributed by atoms with Gasteiger partial charge in [0.05, 0.1) is 24.2 Å². The van der Waals surface area contributed by atoms with E-state index in [0.717, 1.165) is 26.5 Å². The van der Waals surface area contributed by atoms with Gasteiger partial charge in [0.1, 0.15) is 6.61 Å². The fourth-order valence-electron chi connectivity index (χ4n) is 3.84. The summed E-state index contributed by atoms with van der Waals surface area (Å²) < 4.78 is 12.5. The van der Waals surface area contributed by atoms with Crippen LogP contribution in [0.3, 0.4) is 0 Å². The van der Waals surface area contributed by atoms with Gasteiger partial charge in [-0.3, -0.25) is 4.79 Å². The van der Waals surface area contributed by atoms with Gasteiger partial charge >= 0.3 is 0 Å². The highest BCUT2D eigenvalue weighted by molar-refractivity contribution is 9.10. The van der Waals surface area contributed by atoms with Crippen LogP contribution in [0.1, 0.15) is 27.8 Å². The molecule has 0 bridgehead atoms. The Morgan fingerprint density at radius 3 is 2.60 bits per heavy atom. The van der Waals surface area contributed by atoms with E-state index < -0.39 is 0 Å². The average Bonchev–Trinajstić information content (AvgIpc) is 2.85. The predicted octanol–water partition coefficient (Wildman–Crippen LogP) is 6.50. The zero-order valence-electron chi connectivity index (χ0n) is 20.0. The smallest absolute Gasteiger partial charge is 0.244 e. The predicted molar refractivity (Wildman–Crippen MR) is 144 cm³/mol. The zero-order chi connectivity index (χ0) is 24.8. The fourth-order valence-corrected chi connectivity index (χ4v) is 4.41. The maximum absolute atomic E-state index is 12.3. The average molecular weight is 531 g/mol. The first-order valence-electron chi connectivity index (χ1n) is 11.3. The van der Waals surface area contributed by atoms with Crippen LogP contribution in [0.25, 0.3) is 10.8 Å². The van der Waals surface area contributed by atoms with Gasteiger partial charge in [-0.1, -0.05) is 60.7 Å². The van der Waals surface area contributed by atoms with E-state index in [0.29, 0.717) is 18.1 Å². The molecule has 4 rings (SSSR count). The molecule has 0 saturated heterocycles. The molecule has 1 N–H and O–H groups in total. The Bertz CT molecular complexity index is 1390. The van der Waals surface area contributed by atoms with E-state index in [1.165, 1.54) is 16.5 Å². The highest BCUT2D eigenvalue weighted by Gasteiger charge is 2.12. The molecule has 0 aliphatic carbocycles. The highest BCUT2D eigenvalue weighted by Crippen LogP contribution is 2.37. The van der Waals surface area contributed by atoms with Crippen molar-refractivity contribution in [2.24, 2.45) is 5.10 Å².